The van der Waals surface area contributed by atoms with Crippen LogP contribution in [0.15, 0.2) is 79.3 Å². The topological polar surface area (TPSA) is 69.9 Å². The Hall–Kier alpha value is -3.77. The van der Waals surface area contributed by atoms with Crippen molar-refractivity contribution in [1.29, 1.82) is 0 Å². The zero-order valence-electron chi connectivity index (χ0n) is 17.7. The van der Waals surface area contributed by atoms with Crippen LogP contribution in [0.4, 0.5) is 0 Å². The summed E-state index contributed by atoms with van der Waals surface area (Å²) < 4.78 is 6.67. The number of carbonyl (C=O) groups excluding carboxylic acids is 1. The Kier molecular flexibility index (Phi) is 6.42. The SMILES string of the molecule is CCn1cnc2ccc(-c3ccc(C(=O)OC)c(Cl)c3)nc21.c1ccc2ncccc2c1. The molecule has 0 aliphatic rings. The van der Waals surface area contributed by atoms with Crippen LogP contribution >= 0.6 is 11.6 Å². The quantitative estimate of drug-likeness (QED) is 0.329. The summed E-state index contributed by atoms with van der Waals surface area (Å²) in [4.78, 5) is 24.7. The number of para-hydroxylation sites is 1. The highest BCUT2D eigenvalue weighted by Crippen LogP contribution is 2.26. The molecule has 0 aliphatic carbocycles. The minimum absolute atomic E-state index is 0.340. The largest absolute Gasteiger partial charge is 0.465 e. The molecule has 0 spiro atoms. The van der Waals surface area contributed by atoms with E-state index in [-0.39, 0.29) is 0 Å². The van der Waals surface area contributed by atoms with Gasteiger partial charge in [0.2, 0.25) is 0 Å². The van der Waals surface area contributed by atoms with Gasteiger partial charge < -0.3 is 9.30 Å². The molecular weight excluding hydrogens is 424 g/mol. The van der Waals surface area contributed by atoms with E-state index in [9.17, 15) is 4.79 Å². The van der Waals surface area contributed by atoms with Gasteiger partial charge in [0.25, 0.3) is 0 Å². The lowest BCUT2D eigenvalue weighted by molar-refractivity contribution is 0.0601. The summed E-state index contributed by atoms with van der Waals surface area (Å²) in [6.45, 7) is 2.84. The number of fused-ring (bicyclic) bond motifs is 2. The molecule has 0 bridgehead atoms. The Morgan fingerprint density at radius 1 is 1.00 bits per heavy atom. The average molecular weight is 445 g/mol. The van der Waals surface area contributed by atoms with E-state index in [1.807, 2.05) is 54.1 Å². The van der Waals surface area contributed by atoms with E-state index in [1.54, 1.807) is 24.5 Å². The Bertz CT molecular complexity index is 1330. The van der Waals surface area contributed by atoms with Gasteiger partial charge in [-0.1, -0.05) is 41.9 Å². The number of pyridine rings is 2. The second kappa shape index (κ2) is 9.58. The second-order valence-corrected chi connectivity index (χ2v) is 7.36. The van der Waals surface area contributed by atoms with E-state index in [2.05, 4.69) is 31.8 Å². The van der Waals surface area contributed by atoms with Crippen molar-refractivity contribution in [2.45, 2.75) is 13.5 Å². The fraction of sp³-hybridized carbons (Fsp3) is 0.120. The highest BCUT2D eigenvalue weighted by molar-refractivity contribution is 6.33. The summed E-state index contributed by atoms with van der Waals surface area (Å²) >= 11 is 6.16. The van der Waals surface area contributed by atoms with Gasteiger partial charge in [0.15, 0.2) is 5.65 Å². The smallest absolute Gasteiger partial charge is 0.339 e. The van der Waals surface area contributed by atoms with Crippen LogP contribution in [0, 0.1) is 0 Å². The van der Waals surface area contributed by atoms with Crippen molar-refractivity contribution in [1.82, 2.24) is 19.5 Å². The maximum absolute atomic E-state index is 11.6. The van der Waals surface area contributed by atoms with Gasteiger partial charge in [-0.05, 0) is 43.3 Å². The minimum Gasteiger partial charge on any atom is -0.465 e. The molecule has 0 radical (unpaired) electrons. The number of rotatable bonds is 3. The number of aryl methyl sites for hydroxylation is 1. The number of halogens is 1. The zero-order chi connectivity index (χ0) is 22.5. The van der Waals surface area contributed by atoms with Crippen LogP contribution in [0.25, 0.3) is 33.3 Å². The highest BCUT2D eigenvalue weighted by Gasteiger charge is 2.13. The Morgan fingerprint density at radius 2 is 1.81 bits per heavy atom. The van der Waals surface area contributed by atoms with Gasteiger partial charge in [-0.25, -0.2) is 14.8 Å². The lowest BCUT2D eigenvalue weighted by Gasteiger charge is -2.06. The monoisotopic (exact) mass is 444 g/mol. The van der Waals surface area contributed by atoms with Crippen molar-refractivity contribution in [2.75, 3.05) is 7.11 Å². The number of benzene rings is 2. The molecule has 5 aromatic rings. The van der Waals surface area contributed by atoms with Crippen LogP contribution in [0.2, 0.25) is 5.02 Å². The number of ether oxygens (including phenoxy) is 1. The molecule has 0 amide bonds. The molecule has 0 unspecified atom stereocenters. The Labute approximate surface area is 190 Å². The molecule has 2 aromatic carbocycles. The Balaban J connectivity index is 0.000000203. The summed E-state index contributed by atoms with van der Waals surface area (Å²) in [5.41, 5.74) is 4.69. The van der Waals surface area contributed by atoms with Crippen molar-refractivity contribution in [2.24, 2.45) is 0 Å². The first-order chi connectivity index (χ1) is 15.6. The van der Waals surface area contributed by atoms with E-state index in [0.29, 0.717) is 10.6 Å². The maximum Gasteiger partial charge on any atom is 0.339 e. The third-order valence-corrected chi connectivity index (χ3v) is 5.30. The predicted octanol–water partition coefficient (Wildman–Crippen LogP) is 5.79. The van der Waals surface area contributed by atoms with Gasteiger partial charge in [0.05, 0.1) is 35.2 Å². The van der Waals surface area contributed by atoms with Gasteiger partial charge in [0, 0.05) is 23.7 Å². The number of esters is 1. The van der Waals surface area contributed by atoms with Crippen LogP contribution < -0.4 is 0 Å². The van der Waals surface area contributed by atoms with Gasteiger partial charge in [0.1, 0.15) is 5.52 Å². The van der Waals surface area contributed by atoms with Crippen molar-refractivity contribution >= 4 is 39.6 Å². The summed E-state index contributed by atoms with van der Waals surface area (Å²) in [6.07, 6.45) is 3.58. The molecule has 0 saturated heterocycles. The molecular formula is C25H21ClN4O2. The maximum atomic E-state index is 11.6. The van der Waals surface area contributed by atoms with Crippen LogP contribution in [-0.2, 0) is 11.3 Å². The van der Waals surface area contributed by atoms with E-state index in [0.717, 1.165) is 34.5 Å². The first-order valence-corrected chi connectivity index (χ1v) is 10.5. The molecule has 0 N–H and O–H groups in total. The number of hydrogen-bond donors (Lipinski definition) is 0. The standard InChI is InChI=1S/C16H14ClN3O2.C9H7N/c1-3-20-9-18-14-7-6-13(19-15(14)20)10-4-5-11(12(17)8-10)16(21)22-2;1-2-6-9-8(4-1)5-3-7-10-9/h4-9H,3H2,1-2H3;1-7H. The van der Waals surface area contributed by atoms with Gasteiger partial charge >= 0.3 is 5.97 Å². The molecule has 0 saturated carbocycles. The summed E-state index contributed by atoms with van der Waals surface area (Å²) in [5.74, 6) is -0.455. The van der Waals surface area contributed by atoms with Gasteiger partial charge in [-0.3, -0.25) is 4.98 Å². The third kappa shape index (κ3) is 4.45. The van der Waals surface area contributed by atoms with Crippen LogP contribution in [0.5, 0.6) is 0 Å². The Morgan fingerprint density at radius 3 is 2.56 bits per heavy atom. The van der Waals surface area contributed by atoms with Crippen LogP contribution in [0.3, 0.4) is 0 Å². The lowest BCUT2D eigenvalue weighted by Crippen LogP contribution is -2.02. The molecule has 32 heavy (non-hydrogen) atoms. The molecule has 0 fully saturated rings. The second-order valence-electron chi connectivity index (χ2n) is 6.95. The summed E-state index contributed by atoms with van der Waals surface area (Å²) in [6, 6.07) is 21.1. The molecule has 6 nitrogen and oxygen atoms in total. The van der Waals surface area contributed by atoms with E-state index >= 15 is 0 Å². The van der Waals surface area contributed by atoms with Gasteiger partial charge in [-0.2, -0.15) is 0 Å². The number of imidazole rings is 1. The number of methoxy groups -OCH3 is 1. The molecule has 160 valence electrons. The van der Waals surface area contributed by atoms with Gasteiger partial charge in [-0.15, -0.1) is 0 Å². The van der Waals surface area contributed by atoms with Crippen LogP contribution in [-0.4, -0.2) is 32.6 Å². The molecule has 0 aliphatic heterocycles. The summed E-state index contributed by atoms with van der Waals surface area (Å²) in [5, 5.41) is 1.54. The number of nitrogens with zero attached hydrogens (tertiary/aromatic N) is 4. The number of carbonyl (C=O) groups is 1. The molecule has 3 aromatic heterocycles. The third-order valence-electron chi connectivity index (χ3n) is 4.99. The molecule has 5 rings (SSSR count). The first kappa shape index (κ1) is 21.5. The van der Waals surface area contributed by atoms with E-state index in [1.165, 1.54) is 12.5 Å². The molecule has 7 heteroatoms. The first-order valence-electron chi connectivity index (χ1n) is 10.1. The van der Waals surface area contributed by atoms with Crippen LogP contribution in [0.1, 0.15) is 17.3 Å². The number of hydrogen-bond acceptors (Lipinski definition) is 5. The fourth-order valence-electron chi connectivity index (χ4n) is 3.30. The zero-order valence-corrected chi connectivity index (χ0v) is 18.5. The fourth-order valence-corrected chi connectivity index (χ4v) is 3.56. The van der Waals surface area contributed by atoms with E-state index < -0.39 is 5.97 Å². The van der Waals surface area contributed by atoms with Crippen molar-refractivity contribution in [3.8, 4) is 11.3 Å². The van der Waals surface area contributed by atoms with Crippen molar-refractivity contribution in [3.63, 3.8) is 0 Å². The van der Waals surface area contributed by atoms with Crippen molar-refractivity contribution in [3.05, 3.63) is 89.8 Å². The highest BCUT2D eigenvalue weighted by atomic mass is 35.5. The molecule has 0 atom stereocenters. The average Bonchev–Trinajstić information content (AvgIpc) is 3.26. The lowest BCUT2D eigenvalue weighted by atomic mass is 10.1. The minimum atomic E-state index is -0.455. The van der Waals surface area contributed by atoms with Crippen molar-refractivity contribution < 1.29 is 9.53 Å². The normalized spacial score (nSPS) is 10.6. The summed E-state index contributed by atoms with van der Waals surface area (Å²) in [7, 11) is 1.33. The predicted molar refractivity (Wildman–Crippen MR) is 127 cm³/mol. The molecule has 3 heterocycles. The van der Waals surface area contributed by atoms with E-state index in [4.69, 9.17) is 11.6 Å². The number of aromatic nitrogens is 4.